The standard InChI is InChI=1S/C15H18N6O/c16-14(22)11-7-19-21(8-11)12-3-6-20(9-12)15-13(10-1-2-10)17-4-5-18-15/h4-5,7-8,10,12H,1-3,6,9H2,(H2,16,22). The summed E-state index contributed by atoms with van der Waals surface area (Å²) in [6, 6.07) is 0.238. The molecule has 1 unspecified atom stereocenters. The number of anilines is 1. The van der Waals surface area contributed by atoms with Crippen LogP contribution in [0.4, 0.5) is 5.82 Å². The molecule has 1 atom stereocenters. The van der Waals surface area contributed by atoms with Gasteiger partial charge in [-0.2, -0.15) is 5.10 Å². The summed E-state index contributed by atoms with van der Waals surface area (Å²) in [4.78, 5) is 22.5. The zero-order valence-corrected chi connectivity index (χ0v) is 12.2. The summed E-state index contributed by atoms with van der Waals surface area (Å²) in [5.41, 5.74) is 6.86. The average Bonchev–Trinajstić information content (AvgIpc) is 3.05. The van der Waals surface area contributed by atoms with Crippen molar-refractivity contribution in [1.82, 2.24) is 19.7 Å². The fourth-order valence-electron chi connectivity index (χ4n) is 3.04. The van der Waals surface area contributed by atoms with Crippen molar-refractivity contribution in [2.24, 2.45) is 5.73 Å². The first-order valence-corrected chi connectivity index (χ1v) is 7.62. The summed E-state index contributed by atoms with van der Waals surface area (Å²) in [7, 11) is 0. The van der Waals surface area contributed by atoms with Gasteiger partial charge in [-0.05, 0) is 19.3 Å². The largest absolute Gasteiger partial charge is 0.366 e. The number of amides is 1. The van der Waals surface area contributed by atoms with Gasteiger partial charge in [0.25, 0.3) is 5.91 Å². The maximum absolute atomic E-state index is 11.2. The SMILES string of the molecule is NC(=O)c1cnn(C2CCN(c3nccnc3C3CC3)C2)c1. The summed E-state index contributed by atoms with van der Waals surface area (Å²) in [5.74, 6) is 1.15. The van der Waals surface area contributed by atoms with Crippen LogP contribution in [0.3, 0.4) is 0 Å². The van der Waals surface area contributed by atoms with Crippen LogP contribution < -0.4 is 10.6 Å². The predicted octanol–water partition coefficient (Wildman–Crippen LogP) is 1.10. The molecule has 2 aliphatic rings. The fraction of sp³-hybridized carbons (Fsp3) is 0.467. The molecular formula is C15H18N6O. The van der Waals surface area contributed by atoms with Gasteiger partial charge in [0, 0.05) is 37.6 Å². The topological polar surface area (TPSA) is 89.9 Å². The van der Waals surface area contributed by atoms with E-state index in [9.17, 15) is 4.79 Å². The number of hydrogen-bond acceptors (Lipinski definition) is 5. The maximum atomic E-state index is 11.2. The average molecular weight is 298 g/mol. The van der Waals surface area contributed by atoms with Gasteiger partial charge in [0.05, 0.1) is 23.5 Å². The highest BCUT2D eigenvalue weighted by Gasteiger charge is 2.33. The van der Waals surface area contributed by atoms with Gasteiger partial charge in [-0.1, -0.05) is 0 Å². The van der Waals surface area contributed by atoms with E-state index in [0.29, 0.717) is 11.5 Å². The number of hydrogen-bond donors (Lipinski definition) is 1. The van der Waals surface area contributed by atoms with Crippen LogP contribution in [0.1, 0.15) is 47.3 Å². The Morgan fingerprint density at radius 3 is 2.77 bits per heavy atom. The molecule has 1 saturated carbocycles. The molecule has 2 N–H and O–H groups in total. The number of aromatic nitrogens is 4. The Hall–Kier alpha value is -2.44. The lowest BCUT2D eigenvalue weighted by molar-refractivity contribution is 0.1000. The molecule has 0 aromatic carbocycles. The van der Waals surface area contributed by atoms with Crippen molar-refractivity contribution in [3.8, 4) is 0 Å². The molecule has 22 heavy (non-hydrogen) atoms. The van der Waals surface area contributed by atoms with Crippen molar-refractivity contribution in [1.29, 1.82) is 0 Å². The van der Waals surface area contributed by atoms with Crippen LogP contribution in [0.25, 0.3) is 0 Å². The molecule has 0 radical (unpaired) electrons. The third-order valence-corrected chi connectivity index (χ3v) is 4.39. The smallest absolute Gasteiger partial charge is 0.251 e. The summed E-state index contributed by atoms with van der Waals surface area (Å²) >= 11 is 0. The fourth-order valence-corrected chi connectivity index (χ4v) is 3.04. The lowest BCUT2D eigenvalue weighted by atomic mass is 10.2. The minimum atomic E-state index is -0.439. The summed E-state index contributed by atoms with van der Waals surface area (Å²) in [6.45, 7) is 1.76. The number of nitrogens with two attached hydrogens (primary N) is 1. The van der Waals surface area contributed by atoms with Crippen molar-refractivity contribution in [2.75, 3.05) is 18.0 Å². The first-order valence-electron chi connectivity index (χ1n) is 7.62. The normalized spacial score (nSPS) is 21.3. The molecule has 1 aliphatic carbocycles. The van der Waals surface area contributed by atoms with E-state index in [0.717, 1.165) is 31.0 Å². The summed E-state index contributed by atoms with van der Waals surface area (Å²) in [5, 5.41) is 4.27. The Kier molecular flexibility index (Phi) is 3.06. The van der Waals surface area contributed by atoms with Crippen LogP contribution in [-0.4, -0.2) is 38.7 Å². The van der Waals surface area contributed by atoms with E-state index in [1.807, 2.05) is 4.68 Å². The molecule has 0 spiro atoms. The van der Waals surface area contributed by atoms with Gasteiger partial charge in [0.15, 0.2) is 5.82 Å². The lowest BCUT2D eigenvalue weighted by Crippen LogP contribution is -2.23. The minimum absolute atomic E-state index is 0.238. The van der Waals surface area contributed by atoms with Crippen molar-refractivity contribution in [2.45, 2.75) is 31.2 Å². The van der Waals surface area contributed by atoms with Crippen LogP contribution in [0.5, 0.6) is 0 Å². The van der Waals surface area contributed by atoms with Crippen molar-refractivity contribution >= 4 is 11.7 Å². The van der Waals surface area contributed by atoms with Crippen molar-refractivity contribution < 1.29 is 4.79 Å². The van der Waals surface area contributed by atoms with Gasteiger partial charge >= 0.3 is 0 Å². The van der Waals surface area contributed by atoms with Gasteiger partial charge < -0.3 is 10.6 Å². The van der Waals surface area contributed by atoms with E-state index in [4.69, 9.17) is 5.73 Å². The molecule has 114 valence electrons. The molecule has 2 fully saturated rings. The molecular weight excluding hydrogens is 280 g/mol. The van der Waals surface area contributed by atoms with Crippen molar-refractivity contribution in [3.63, 3.8) is 0 Å². The second-order valence-electron chi connectivity index (χ2n) is 6.00. The number of rotatable bonds is 4. The highest BCUT2D eigenvalue weighted by molar-refractivity contribution is 5.92. The van der Waals surface area contributed by atoms with Crippen LogP contribution in [0.2, 0.25) is 0 Å². The van der Waals surface area contributed by atoms with Crippen molar-refractivity contribution in [3.05, 3.63) is 36.0 Å². The summed E-state index contributed by atoms with van der Waals surface area (Å²) in [6.07, 6.45) is 10.2. The first kappa shape index (κ1) is 13.2. The van der Waals surface area contributed by atoms with Gasteiger partial charge in [-0.15, -0.1) is 0 Å². The Bertz CT molecular complexity index is 708. The van der Waals surface area contributed by atoms with Crippen LogP contribution in [0.15, 0.2) is 24.8 Å². The molecule has 1 amide bonds. The monoisotopic (exact) mass is 298 g/mol. The zero-order chi connectivity index (χ0) is 15.1. The van der Waals surface area contributed by atoms with E-state index in [1.54, 1.807) is 18.6 Å². The van der Waals surface area contributed by atoms with E-state index in [-0.39, 0.29) is 6.04 Å². The Labute approximate surface area is 128 Å². The Morgan fingerprint density at radius 1 is 1.23 bits per heavy atom. The minimum Gasteiger partial charge on any atom is -0.366 e. The van der Waals surface area contributed by atoms with E-state index in [2.05, 4.69) is 20.0 Å². The molecule has 7 heteroatoms. The molecule has 2 aromatic rings. The number of primary amides is 1. The van der Waals surface area contributed by atoms with E-state index in [1.165, 1.54) is 19.0 Å². The number of nitrogens with zero attached hydrogens (tertiary/aromatic N) is 5. The maximum Gasteiger partial charge on any atom is 0.251 e. The lowest BCUT2D eigenvalue weighted by Gasteiger charge is -2.19. The van der Waals surface area contributed by atoms with Crippen LogP contribution in [-0.2, 0) is 0 Å². The highest BCUT2D eigenvalue weighted by Crippen LogP contribution is 2.43. The van der Waals surface area contributed by atoms with Gasteiger partial charge in [0.1, 0.15) is 0 Å². The molecule has 4 rings (SSSR count). The van der Waals surface area contributed by atoms with E-state index < -0.39 is 5.91 Å². The third-order valence-electron chi connectivity index (χ3n) is 4.39. The van der Waals surface area contributed by atoms with Gasteiger partial charge in [0.2, 0.25) is 0 Å². The molecule has 2 aromatic heterocycles. The molecule has 0 bridgehead atoms. The highest BCUT2D eigenvalue weighted by atomic mass is 16.1. The zero-order valence-electron chi connectivity index (χ0n) is 12.2. The Morgan fingerprint density at radius 2 is 2.05 bits per heavy atom. The summed E-state index contributed by atoms with van der Waals surface area (Å²) < 4.78 is 1.84. The van der Waals surface area contributed by atoms with E-state index >= 15 is 0 Å². The molecule has 1 aliphatic heterocycles. The molecule has 1 saturated heterocycles. The Balaban J connectivity index is 1.53. The van der Waals surface area contributed by atoms with Crippen LogP contribution in [0, 0.1) is 0 Å². The third kappa shape index (κ3) is 2.32. The molecule has 7 nitrogen and oxygen atoms in total. The number of carbonyl (C=O) groups excluding carboxylic acids is 1. The van der Waals surface area contributed by atoms with Crippen LogP contribution >= 0.6 is 0 Å². The molecule has 3 heterocycles. The second kappa shape index (κ2) is 5.08. The number of carbonyl (C=O) groups is 1. The first-order chi connectivity index (χ1) is 10.7. The quantitative estimate of drug-likeness (QED) is 0.913. The van der Waals surface area contributed by atoms with Gasteiger partial charge in [-0.3, -0.25) is 14.5 Å². The predicted molar refractivity (Wildman–Crippen MR) is 80.6 cm³/mol. The van der Waals surface area contributed by atoms with Gasteiger partial charge in [-0.25, -0.2) is 4.98 Å². The second-order valence-corrected chi connectivity index (χ2v) is 6.00.